The fourth-order valence-electron chi connectivity index (χ4n) is 3.54. The molecule has 0 saturated heterocycles. The Bertz CT molecular complexity index is 1160. The van der Waals surface area contributed by atoms with Gasteiger partial charge in [0.15, 0.2) is 0 Å². The van der Waals surface area contributed by atoms with E-state index in [0.717, 1.165) is 30.8 Å². The number of nitrogens with one attached hydrogen (secondary N) is 1. The zero-order valence-electron chi connectivity index (χ0n) is 16.2. The Labute approximate surface area is 190 Å². The first-order chi connectivity index (χ1) is 14.4. The number of nitrogens with zero attached hydrogens (tertiary/aromatic N) is 1. The lowest BCUT2D eigenvalue weighted by Crippen LogP contribution is -2.23. The minimum atomic E-state index is -0.689. The number of carbonyl (C=O) groups excluding carboxylic acids is 1. The molecule has 0 aliphatic carbocycles. The molecule has 154 valence electrons. The third kappa shape index (κ3) is 4.53. The zero-order chi connectivity index (χ0) is 21.3. The van der Waals surface area contributed by atoms with E-state index in [1.54, 1.807) is 24.3 Å². The molecule has 1 heterocycles. The Kier molecular flexibility index (Phi) is 6.13. The van der Waals surface area contributed by atoms with Crippen molar-refractivity contribution < 1.29 is 14.6 Å². The van der Waals surface area contributed by atoms with Gasteiger partial charge in [0.05, 0.1) is 6.54 Å². The number of amides is 1. The van der Waals surface area contributed by atoms with Gasteiger partial charge < -0.3 is 19.7 Å². The van der Waals surface area contributed by atoms with E-state index in [1.807, 2.05) is 12.1 Å². The quantitative estimate of drug-likeness (QED) is 0.334. The molecule has 1 unspecified atom stereocenters. The van der Waals surface area contributed by atoms with Crippen molar-refractivity contribution in [3.05, 3.63) is 69.6 Å². The van der Waals surface area contributed by atoms with Crippen molar-refractivity contribution in [1.29, 1.82) is 0 Å². The van der Waals surface area contributed by atoms with Crippen LogP contribution in [0.2, 0.25) is 0 Å². The number of benzene rings is 3. The molecule has 0 aliphatic heterocycles. The van der Waals surface area contributed by atoms with Crippen LogP contribution < -0.4 is 10.1 Å². The van der Waals surface area contributed by atoms with Crippen LogP contribution in [-0.4, -0.2) is 28.3 Å². The van der Waals surface area contributed by atoms with Crippen molar-refractivity contribution in [1.82, 2.24) is 4.57 Å². The molecular weight excluding hydrogens is 512 g/mol. The number of fused-ring (bicyclic) bond motifs is 3. The highest BCUT2D eigenvalue weighted by molar-refractivity contribution is 9.10. The second-order valence-corrected chi connectivity index (χ2v) is 8.94. The first-order valence-electron chi connectivity index (χ1n) is 9.46. The van der Waals surface area contributed by atoms with Crippen LogP contribution in [0.15, 0.2) is 69.6 Å². The van der Waals surface area contributed by atoms with Crippen LogP contribution in [0, 0.1) is 0 Å². The van der Waals surface area contributed by atoms with Gasteiger partial charge in [0.1, 0.15) is 18.5 Å². The maximum absolute atomic E-state index is 11.1. The van der Waals surface area contributed by atoms with Gasteiger partial charge in [-0.3, -0.25) is 4.79 Å². The second kappa shape index (κ2) is 8.79. The molecule has 0 radical (unpaired) electrons. The Morgan fingerprint density at radius 2 is 1.57 bits per heavy atom. The number of carbonyl (C=O) groups is 1. The van der Waals surface area contributed by atoms with Gasteiger partial charge in [0.2, 0.25) is 5.91 Å². The molecule has 0 spiro atoms. The summed E-state index contributed by atoms with van der Waals surface area (Å²) in [6.45, 7) is 2.04. The van der Waals surface area contributed by atoms with E-state index in [-0.39, 0.29) is 12.5 Å². The highest BCUT2D eigenvalue weighted by Gasteiger charge is 2.15. The summed E-state index contributed by atoms with van der Waals surface area (Å²) in [5, 5.41) is 15.6. The van der Waals surface area contributed by atoms with E-state index in [2.05, 4.69) is 66.0 Å². The maximum Gasteiger partial charge on any atom is 0.221 e. The van der Waals surface area contributed by atoms with E-state index in [9.17, 15) is 9.90 Å². The molecule has 30 heavy (non-hydrogen) atoms. The van der Waals surface area contributed by atoms with Crippen molar-refractivity contribution in [2.45, 2.75) is 19.6 Å². The number of aromatic nitrogens is 1. The van der Waals surface area contributed by atoms with Gasteiger partial charge in [0.25, 0.3) is 0 Å². The molecule has 0 aliphatic rings. The first kappa shape index (κ1) is 20.9. The Morgan fingerprint density at radius 1 is 1.00 bits per heavy atom. The SMILES string of the molecule is CC(=O)Nc1ccc(OCC(O)Cn2c3ccc(Br)cc3c3cc(Br)ccc32)cc1. The summed E-state index contributed by atoms with van der Waals surface area (Å²) in [7, 11) is 0. The van der Waals surface area contributed by atoms with E-state index < -0.39 is 6.10 Å². The molecule has 3 aromatic carbocycles. The predicted octanol–water partition coefficient (Wildman–Crippen LogP) is 5.72. The average Bonchev–Trinajstić information content (AvgIpc) is 2.99. The second-order valence-electron chi connectivity index (χ2n) is 7.10. The number of hydrogen-bond acceptors (Lipinski definition) is 3. The standard InChI is InChI=1S/C23H20Br2N2O3/c1-14(28)26-17-4-6-19(7-5-17)30-13-18(29)12-27-22-8-2-15(24)10-20(22)21-11-16(25)3-9-23(21)27/h2-11,18,29H,12-13H2,1H3,(H,26,28). The topological polar surface area (TPSA) is 63.5 Å². The summed E-state index contributed by atoms with van der Waals surface area (Å²) in [5.41, 5.74) is 2.83. The summed E-state index contributed by atoms with van der Waals surface area (Å²) >= 11 is 7.10. The van der Waals surface area contributed by atoms with Gasteiger partial charge in [-0.25, -0.2) is 0 Å². The minimum absolute atomic E-state index is 0.121. The molecule has 4 rings (SSSR count). The predicted molar refractivity (Wildman–Crippen MR) is 127 cm³/mol. The molecule has 0 bridgehead atoms. The molecule has 0 saturated carbocycles. The smallest absolute Gasteiger partial charge is 0.221 e. The molecule has 1 amide bonds. The maximum atomic E-state index is 11.1. The van der Waals surface area contributed by atoms with E-state index in [0.29, 0.717) is 18.0 Å². The van der Waals surface area contributed by atoms with Crippen LogP contribution in [-0.2, 0) is 11.3 Å². The number of hydrogen-bond donors (Lipinski definition) is 2. The minimum Gasteiger partial charge on any atom is -0.491 e. The van der Waals surface area contributed by atoms with Crippen molar-refractivity contribution in [3.8, 4) is 5.75 Å². The van der Waals surface area contributed by atoms with E-state index in [4.69, 9.17) is 4.74 Å². The molecule has 4 aromatic rings. The van der Waals surface area contributed by atoms with Crippen molar-refractivity contribution >= 4 is 65.3 Å². The molecule has 2 N–H and O–H groups in total. The molecule has 5 nitrogen and oxygen atoms in total. The highest BCUT2D eigenvalue weighted by atomic mass is 79.9. The fourth-order valence-corrected chi connectivity index (χ4v) is 4.26. The van der Waals surface area contributed by atoms with E-state index >= 15 is 0 Å². The summed E-state index contributed by atoms with van der Waals surface area (Å²) in [6.07, 6.45) is -0.689. The summed E-state index contributed by atoms with van der Waals surface area (Å²) < 4.78 is 9.90. The van der Waals surface area contributed by atoms with Crippen molar-refractivity contribution in [2.24, 2.45) is 0 Å². The van der Waals surface area contributed by atoms with Crippen molar-refractivity contribution in [2.75, 3.05) is 11.9 Å². The van der Waals surface area contributed by atoms with Gasteiger partial charge in [-0.1, -0.05) is 31.9 Å². The third-order valence-electron chi connectivity index (χ3n) is 4.80. The van der Waals surface area contributed by atoms with Gasteiger partial charge in [-0.15, -0.1) is 0 Å². The van der Waals surface area contributed by atoms with Crippen LogP contribution in [0.4, 0.5) is 5.69 Å². The number of ether oxygens (including phenoxy) is 1. The number of halogens is 2. The molecule has 0 fully saturated rings. The zero-order valence-corrected chi connectivity index (χ0v) is 19.4. The molecular formula is C23H20Br2N2O3. The molecule has 1 atom stereocenters. The number of aliphatic hydroxyl groups excluding tert-OH is 1. The monoisotopic (exact) mass is 530 g/mol. The Hall–Kier alpha value is -2.35. The van der Waals surface area contributed by atoms with Crippen molar-refractivity contribution in [3.63, 3.8) is 0 Å². The lowest BCUT2D eigenvalue weighted by atomic mass is 10.2. The summed E-state index contributed by atoms with van der Waals surface area (Å²) in [5.74, 6) is 0.516. The first-order valence-corrected chi connectivity index (χ1v) is 11.0. The normalized spacial score (nSPS) is 12.3. The van der Waals surface area contributed by atoms with Crippen LogP contribution in [0.3, 0.4) is 0 Å². The van der Waals surface area contributed by atoms with Gasteiger partial charge >= 0.3 is 0 Å². The van der Waals surface area contributed by atoms with Crippen LogP contribution in [0.1, 0.15) is 6.92 Å². The van der Waals surface area contributed by atoms with Gasteiger partial charge in [0, 0.05) is 43.4 Å². The molecule has 7 heteroatoms. The summed E-state index contributed by atoms with van der Waals surface area (Å²) in [4.78, 5) is 11.1. The van der Waals surface area contributed by atoms with Crippen LogP contribution >= 0.6 is 31.9 Å². The summed E-state index contributed by atoms with van der Waals surface area (Å²) in [6, 6.07) is 19.4. The van der Waals surface area contributed by atoms with Crippen LogP contribution in [0.25, 0.3) is 21.8 Å². The number of anilines is 1. The third-order valence-corrected chi connectivity index (χ3v) is 5.79. The van der Waals surface area contributed by atoms with E-state index in [1.165, 1.54) is 6.92 Å². The average molecular weight is 532 g/mol. The Morgan fingerprint density at radius 3 is 2.10 bits per heavy atom. The molecule has 1 aromatic heterocycles. The highest BCUT2D eigenvalue weighted by Crippen LogP contribution is 2.33. The lowest BCUT2D eigenvalue weighted by Gasteiger charge is -2.15. The Balaban J connectivity index is 1.52. The number of aliphatic hydroxyl groups is 1. The lowest BCUT2D eigenvalue weighted by molar-refractivity contribution is -0.114. The van der Waals surface area contributed by atoms with Crippen LogP contribution in [0.5, 0.6) is 5.75 Å². The largest absolute Gasteiger partial charge is 0.491 e. The fraction of sp³-hybridized carbons (Fsp3) is 0.174. The number of rotatable bonds is 6. The van der Waals surface area contributed by atoms with Gasteiger partial charge in [-0.05, 0) is 60.7 Å². The van der Waals surface area contributed by atoms with Gasteiger partial charge in [-0.2, -0.15) is 0 Å².